The number of hydrogen-bond donors (Lipinski definition) is 1. The zero-order valence-corrected chi connectivity index (χ0v) is 6.31. The molecule has 1 unspecified atom stereocenters. The number of carbonyl (C=O) groups is 1. The molecule has 2 nitrogen and oxygen atoms in total. The van der Waals surface area contributed by atoms with E-state index < -0.39 is 12.5 Å². The van der Waals surface area contributed by atoms with E-state index in [1.807, 2.05) is 0 Å². The van der Waals surface area contributed by atoms with Gasteiger partial charge in [-0.15, -0.1) is 0 Å². The van der Waals surface area contributed by atoms with Crippen LogP contribution in [0.15, 0.2) is 0 Å². The topological polar surface area (TPSA) is 29.1 Å². The molecule has 0 saturated heterocycles. The van der Waals surface area contributed by atoms with Gasteiger partial charge in [0.1, 0.15) is 0 Å². The van der Waals surface area contributed by atoms with Crippen LogP contribution in [-0.2, 0) is 4.79 Å². The number of halogens is 2. The Bertz CT molecular complexity index is 155. The van der Waals surface area contributed by atoms with Gasteiger partial charge in [-0.1, -0.05) is 0 Å². The molecule has 0 aliphatic heterocycles. The summed E-state index contributed by atoms with van der Waals surface area (Å²) in [5.41, 5.74) is 0. The molecule has 1 rings (SSSR count). The predicted octanol–water partition coefficient (Wildman–Crippen LogP) is 1.17. The molecular formula is C7H11F2NO. The third-order valence-electron chi connectivity index (χ3n) is 1.77. The van der Waals surface area contributed by atoms with Crippen molar-refractivity contribution >= 4 is 5.91 Å². The largest absolute Gasteiger partial charge is 0.348 e. The van der Waals surface area contributed by atoms with E-state index in [0.717, 1.165) is 12.8 Å². The molecular weight excluding hydrogens is 152 g/mol. The summed E-state index contributed by atoms with van der Waals surface area (Å²) in [6, 6.07) is -0.910. The zero-order valence-electron chi connectivity index (χ0n) is 6.31. The molecule has 0 heterocycles. The van der Waals surface area contributed by atoms with E-state index in [9.17, 15) is 13.6 Å². The first-order valence-electron chi connectivity index (χ1n) is 3.66. The molecule has 0 aromatic carbocycles. The Morgan fingerprint density at radius 3 is 2.36 bits per heavy atom. The van der Waals surface area contributed by atoms with Gasteiger partial charge in [0.25, 0.3) is 6.43 Å². The Kier molecular flexibility index (Phi) is 2.42. The Hall–Kier alpha value is -0.670. The van der Waals surface area contributed by atoms with Gasteiger partial charge in [-0.05, 0) is 18.8 Å². The molecule has 1 atom stereocenters. The van der Waals surface area contributed by atoms with E-state index >= 15 is 0 Å². The minimum Gasteiger partial charge on any atom is -0.348 e. The van der Waals surface area contributed by atoms with Gasteiger partial charge < -0.3 is 5.32 Å². The molecule has 1 aliphatic carbocycles. The van der Waals surface area contributed by atoms with Gasteiger partial charge in [-0.3, -0.25) is 4.79 Å². The van der Waals surface area contributed by atoms with Crippen molar-refractivity contribution in [1.29, 1.82) is 0 Å². The molecule has 0 spiro atoms. The minimum atomic E-state index is -2.42. The molecule has 1 saturated carbocycles. The van der Waals surface area contributed by atoms with Crippen molar-refractivity contribution in [2.45, 2.75) is 32.2 Å². The average Bonchev–Trinajstić information content (AvgIpc) is 2.63. The number of nitrogens with one attached hydrogen (secondary N) is 1. The minimum absolute atomic E-state index is 0.0129. The first kappa shape index (κ1) is 8.43. The Morgan fingerprint density at radius 1 is 1.55 bits per heavy atom. The summed E-state index contributed by atoms with van der Waals surface area (Å²) in [6.45, 7) is 1.26. The fraction of sp³-hybridized carbons (Fsp3) is 0.857. The first-order valence-corrected chi connectivity index (χ1v) is 3.66. The lowest BCUT2D eigenvalue weighted by molar-refractivity contribution is -0.121. The van der Waals surface area contributed by atoms with Crippen LogP contribution in [0.2, 0.25) is 0 Å². The molecule has 4 heteroatoms. The molecule has 1 fully saturated rings. The van der Waals surface area contributed by atoms with E-state index in [-0.39, 0.29) is 11.8 Å². The lowest BCUT2D eigenvalue weighted by Gasteiger charge is -2.15. The zero-order chi connectivity index (χ0) is 8.43. The number of alkyl halides is 2. The Morgan fingerprint density at radius 2 is 2.09 bits per heavy atom. The number of carbonyl (C=O) groups excluding carboxylic acids is 1. The third-order valence-corrected chi connectivity index (χ3v) is 1.77. The highest BCUT2D eigenvalue weighted by Crippen LogP contribution is 2.35. The predicted molar refractivity (Wildman–Crippen MR) is 36.3 cm³/mol. The third kappa shape index (κ3) is 2.44. The number of rotatable bonds is 3. The van der Waals surface area contributed by atoms with Crippen molar-refractivity contribution < 1.29 is 13.6 Å². The summed E-state index contributed by atoms with van der Waals surface area (Å²) in [4.78, 5) is 10.4. The van der Waals surface area contributed by atoms with Gasteiger partial charge in [-0.2, -0.15) is 0 Å². The average molecular weight is 163 g/mol. The van der Waals surface area contributed by atoms with Crippen molar-refractivity contribution in [1.82, 2.24) is 5.32 Å². The molecule has 11 heavy (non-hydrogen) atoms. The molecule has 1 aliphatic rings. The maximum absolute atomic E-state index is 12.1. The summed E-state index contributed by atoms with van der Waals surface area (Å²) in [6.07, 6.45) is -0.795. The normalized spacial score (nSPS) is 20.0. The lowest BCUT2D eigenvalue weighted by Crippen LogP contribution is -2.40. The Balaban J connectivity index is 2.38. The summed E-state index contributed by atoms with van der Waals surface area (Å²) >= 11 is 0. The lowest BCUT2D eigenvalue weighted by atomic mass is 10.2. The number of hydrogen-bond acceptors (Lipinski definition) is 1. The van der Waals surface area contributed by atoms with E-state index in [2.05, 4.69) is 5.32 Å². The SMILES string of the molecule is CC(=O)NC(C(F)F)C1CC1. The van der Waals surface area contributed by atoms with Gasteiger partial charge in [-0.25, -0.2) is 8.78 Å². The molecule has 0 radical (unpaired) electrons. The van der Waals surface area contributed by atoms with Crippen molar-refractivity contribution in [2.24, 2.45) is 5.92 Å². The van der Waals surface area contributed by atoms with Gasteiger partial charge in [0.05, 0.1) is 6.04 Å². The second-order valence-electron chi connectivity index (χ2n) is 2.90. The summed E-state index contributed by atoms with van der Waals surface area (Å²) in [5, 5.41) is 2.25. The first-order chi connectivity index (χ1) is 5.11. The van der Waals surface area contributed by atoms with Crippen LogP contribution in [0, 0.1) is 5.92 Å². The van der Waals surface area contributed by atoms with E-state index in [4.69, 9.17) is 0 Å². The quantitative estimate of drug-likeness (QED) is 0.664. The monoisotopic (exact) mass is 163 g/mol. The van der Waals surface area contributed by atoms with Crippen LogP contribution < -0.4 is 5.32 Å². The molecule has 64 valence electrons. The van der Waals surface area contributed by atoms with Crippen LogP contribution in [0.25, 0.3) is 0 Å². The molecule has 1 N–H and O–H groups in total. The van der Waals surface area contributed by atoms with Crippen molar-refractivity contribution in [3.8, 4) is 0 Å². The molecule has 0 aromatic heterocycles. The number of amides is 1. The van der Waals surface area contributed by atoms with Crippen LogP contribution in [0.3, 0.4) is 0 Å². The standard InChI is InChI=1S/C7H11F2NO/c1-4(11)10-6(7(8)9)5-2-3-5/h5-7H,2-3H2,1H3,(H,10,11). The van der Waals surface area contributed by atoms with Crippen LogP contribution in [0.4, 0.5) is 8.78 Å². The van der Waals surface area contributed by atoms with Crippen molar-refractivity contribution in [3.63, 3.8) is 0 Å². The van der Waals surface area contributed by atoms with Gasteiger partial charge in [0, 0.05) is 6.92 Å². The van der Waals surface area contributed by atoms with E-state index in [0.29, 0.717) is 0 Å². The van der Waals surface area contributed by atoms with Crippen molar-refractivity contribution in [2.75, 3.05) is 0 Å². The fourth-order valence-electron chi connectivity index (χ4n) is 1.08. The highest BCUT2D eigenvalue weighted by atomic mass is 19.3. The second kappa shape index (κ2) is 3.15. The summed E-state index contributed by atoms with van der Waals surface area (Å²) < 4.78 is 24.3. The highest BCUT2D eigenvalue weighted by molar-refractivity contribution is 5.73. The molecule has 0 bridgehead atoms. The van der Waals surface area contributed by atoms with E-state index in [1.165, 1.54) is 6.92 Å². The van der Waals surface area contributed by atoms with Crippen LogP contribution in [-0.4, -0.2) is 18.4 Å². The maximum Gasteiger partial charge on any atom is 0.258 e. The Labute approximate surface area is 64.0 Å². The van der Waals surface area contributed by atoms with Gasteiger partial charge >= 0.3 is 0 Å². The van der Waals surface area contributed by atoms with Crippen LogP contribution in [0.1, 0.15) is 19.8 Å². The summed E-state index contributed by atoms with van der Waals surface area (Å²) in [7, 11) is 0. The molecule has 1 amide bonds. The summed E-state index contributed by atoms with van der Waals surface area (Å²) in [5.74, 6) is -0.360. The highest BCUT2D eigenvalue weighted by Gasteiger charge is 2.37. The van der Waals surface area contributed by atoms with E-state index in [1.54, 1.807) is 0 Å². The van der Waals surface area contributed by atoms with Crippen LogP contribution >= 0.6 is 0 Å². The smallest absolute Gasteiger partial charge is 0.258 e. The van der Waals surface area contributed by atoms with Gasteiger partial charge in [0.15, 0.2) is 0 Å². The molecule has 0 aromatic rings. The fourth-order valence-corrected chi connectivity index (χ4v) is 1.08. The van der Waals surface area contributed by atoms with Gasteiger partial charge in [0.2, 0.25) is 5.91 Å². The van der Waals surface area contributed by atoms with Crippen LogP contribution in [0.5, 0.6) is 0 Å². The maximum atomic E-state index is 12.1. The van der Waals surface area contributed by atoms with Crippen molar-refractivity contribution in [3.05, 3.63) is 0 Å². The second-order valence-corrected chi connectivity index (χ2v) is 2.90.